The van der Waals surface area contributed by atoms with E-state index in [0.29, 0.717) is 22.4 Å². The Morgan fingerprint density at radius 1 is 1.23 bits per heavy atom. The number of imidazole rings is 1. The Balaban J connectivity index is 1.55. The van der Waals surface area contributed by atoms with Gasteiger partial charge in [0.1, 0.15) is 5.82 Å². The van der Waals surface area contributed by atoms with Crippen molar-refractivity contribution in [3.8, 4) is 11.4 Å². The highest BCUT2D eigenvalue weighted by atomic mass is 35.5. The SMILES string of the molecule is CCN1CC(C(=O)NCc2ccc3cnc(-c4ccc(Cl)c(Cl)c4)n3c2)=C(O)C1=O. The molecule has 154 valence electrons. The molecule has 0 bridgehead atoms. The summed E-state index contributed by atoms with van der Waals surface area (Å²) >= 11 is 12.1. The number of aliphatic hydroxyl groups is 1. The van der Waals surface area contributed by atoms with Gasteiger partial charge in [-0.05, 0) is 36.8 Å². The Morgan fingerprint density at radius 2 is 2.03 bits per heavy atom. The van der Waals surface area contributed by atoms with Crippen LogP contribution < -0.4 is 5.32 Å². The number of halogens is 2. The molecule has 3 heterocycles. The van der Waals surface area contributed by atoms with Crippen molar-refractivity contribution in [2.75, 3.05) is 13.1 Å². The maximum atomic E-state index is 12.5. The summed E-state index contributed by atoms with van der Waals surface area (Å²) in [7, 11) is 0. The summed E-state index contributed by atoms with van der Waals surface area (Å²) in [6.07, 6.45) is 3.61. The molecule has 2 amide bonds. The molecule has 30 heavy (non-hydrogen) atoms. The highest BCUT2D eigenvalue weighted by molar-refractivity contribution is 6.42. The Morgan fingerprint density at radius 3 is 2.73 bits per heavy atom. The fourth-order valence-corrected chi connectivity index (χ4v) is 3.63. The summed E-state index contributed by atoms with van der Waals surface area (Å²) in [5.74, 6) is -0.778. The Bertz CT molecular complexity index is 1200. The van der Waals surface area contributed by atoms with E-state index in [1.54, 1.807) is 25.3 Å². The van der Waals surface area contributed by atoms with Gasteiger partial charge in [0.05, 0.1) is 33.9 Å². The summed E-state index contributed by atoms with van der Waals surface area (Å²) in [6.45, 7) is 2.55. The van der Waals surface area contributed by atoms with Crippen LogP contribution in [0, 0.1) is 0 Å². The number of rotatable bonds is 5. The van der Waals surface area contributed by atoms with Crippen LogP contribution in [0.2, 0.25) is 10.0 Å². The van der Waals surface area contributed by atoms with E-state index in [4.69, 9.17) is 23.2 Å². The van der Waals surface area contributed by atoms with Crippen molar-refractivity contribution in [2.45, 2.75) is 13.5 Å². The molecule has 2 aromatic heterocycles. The number of aromatic nitrogens is 2. The number of amides is 2. The van der Waals surface area contributed by atoms with Crippen LogP contribution in [0.5, 0.6) is 0 Å². The molecule has 0 aliphatic carbocycles. The van der Waals surface area contributed by atoms with E-state index in [9.17, 15) is 14.7 Å². The first kappa shape index (κ1) is 20.3. The molecule has 1 aliphatic rings. The van der Waals surface area contributed by atoms with E-state index < -0.39 is 17.6 Å². The second-order valence-corrected chi connectivity index (χ2v) is 7.69. The number of pyridine rings is 1. The van der Waals surface area contributed by atoms with Crippen LogP contribution in [0.15, 0.2) is 54.1 Å². The van der Waals surface area contributed by atoms with Crippen molar-refractivity contribution in [1.29, 1.82) is 0 Å². The van der Waals surface area contributed by atoms with Crippen LogP contribution in [0.1, 0.15) is 12.5 Å². The van der Waals surface area contributed by atoms with Gasteiger partial charge in [-0.1, -0.05) is 29.3 Å². The third kappa shape index (κ3) is 3.62. The summed E-state index contributed by atoms with van der Waals surface area (Å²) in [6, 6.07) is 9.07. The maximum absolute atomic E-state index is 12.5. The zero-order chi connectivity index (χ0) is 21.4. The van der Waals surface area contributed by atoms with Crippen LogP contribution in [-0.4, -0.2) is 44.3 Å². The summed E-state index contributed by atoms with van der Waals surface area (Å²) < 4.78 is 1.90. The van der Waals surface area contributed by atoms with E-state index in [-0.39, 0.29) is 18.7 Å². The summed E-state index contributed by atoms with van der Waals surface area (Å²) in [5.41, 5.74) is 2.60. The van der Waals surface area contributed by atoms with Gasteiger partial charge in [-0.3, -0.25) is 14.0 Å². The number of hydrogen-bond acceptors (Lipinski definition) is 4. The van der Waals surface area contributed by atoms with Gasteiger partial charge < -0.3 is 15.3 Å². The molecule has 0 atom stereocenters. The number of benzene rings is 1. The largest absolute Gasteiger partial charge is 0.503 e. The molecular weight excluding hydrogens is 427 g/mol. The quantitative estimate of drug-likeness (QED) is 0.629. The van der Waals surface area contributed by atoms with Crippen molar-refractivity contribution in [3.63, 3.8) is 0 Å². The highest BCUT2D eigenvalue weighted by Gasteiger charge is 2.32. The molecule has 0 fully saturated rings. The van der Waals surface area contributed by atoms with E-state index in [2.05, 4.69) is 10.3 Å². The number of nitrogens with zero attached hydrogens (tertiary/aromatic N) is 3. The van der Waals surface area contributed by atoms with Crippen LogP contribution in [0.25, 0.3) is 16.9 Å². The number of likely N-dealkylation sites (N-methyl/N-ethyl adjacent to an activating group) is 1. The summed E-state index contributed by atoms with van der Waals surface area (Å²) in [5, 5.41) is 13.6. The van der Waals surface area contributed by atoms with Crippen LogP contribution in [0.4, 0.5) is 0 Å². The third-order valence-electron chi connectivity index (χ3n) is 5.00. The first-order chi connectivity index (χ1) is 14.4. The number of fused-ring (bicyclic) bond motifs is 1. The fraction of sp³-hybridized carbons (Fsp3) is 0.190. The Kier molecular flexibility index (Phi) is 5.40. The van der Waals surface area contributed by atoms with E-state index >= 15 is 0 Å². The Labute approximate surface area is 182 Å². The zero-order valence-corrected chi connectivity index (χ0v) is 17.5. The third-order valence-corrected chi connectivity index (χ3v) is 5.74. The maximum Gasteiger partial charge on any atom is 0.289 e. The van der Waals surface area contributed by atoms with E-state index in [0.717, 1.165) is 16.6 Å². The molecular formula is C21H18Cl2N4O3. The monoisotopic (exact) mass is 444 g/mol. The van der Waals surface area contributed by atoms with Crippen molar-refractivity contribution in [3.05, 3.63) is 69.7 Å². The van der Waals surface area contributed by atoms with Gasteiger partial charge in [-0.15, -0.1) is 0 Å². The first-order valence-corrected chi connectivity index (χ1v) is 10.1. The smallest absolute Gasteiger partial charge is 0.289 e. The lowest BCUT2D eigenvalue weighted by Crippen LogP contribution is -2.29. The average Bonchev–Trinajstić information content (AvgIpc) is 3.29. The van der Waals surface area contributed by atoms with Gasteiger partial charge in [0.15, 0.2) is 5.76 Å². The van der Waals surface area contributed by atoms with Crippen LogP contribution in [0.3, 0.4) is 0 Å². The predicted molar refractivity (Wildman–Crippen MR) is 114 cm³/mol. The van der Waals surface area contributed by atoms with Gasteiger partial charge in [0.2, 0.25) is 0 Å². The number of carbonyl (C=O) groups excluding carboxylic acids is 2. The number of nitrogens with one attached hydrogen (secondary N) is 1. The van der Waals surface area contributed by atoms with E-state index in [1.165, 1.54) is 4.90 Å². The molecule has 2 N–H and O–H groups in total. The second kappa shape index (κ2) is 8.01. The topological polar surface area (TPSA) is 86.9 Å². The lowest BCUT2D eigenvalue weighted by molar-refractivity contribution is -0.127. The number of carbonyl (C=O) groups is 2. The molecule has 3 aromatic rings. The zero-order valence-electron chi connectivity index (χ0n) is 16.0. The molecule has 0 unspecified atom stereocenters. The van der Waals surface area contributed by atoms with Gasteiger partial charge in [0.25, 0.3) is 11.8 Å². The van der Waals surface area contributed by atoms with E-state index in [1.807, 2.05) is 28.8 Å². The molecule has 7 nitrogen and oxygen atoms in total. The molecule has 9 heteroatoms. The van der Waals surface area contributed by atoms with Crippen LogP contribution >= 0.6 is 23.2 Å². The van der Waals surface area contributed by atoms with Gasteiger partial charge in [-0.25, -0.2) is 4.98 Å². The molecule has 1 aliphatic heterocycles. The molecule has 0 radical (unpaired) electrons. The number of aliphatic hydroxyl groups excluding tert-OH is 1. The van der Waals surface area contributed by atoms with Gasteiger partial charge in [0, 0.05) is 24.8 Å². The predicted octanol–water partition coefficient (Wildman–Crippen LogP) is 3.60. The minimum atomic E-state index is -0.520. The second-order valence-electron chi connectivity index (χ2n) is 6.87. The van der Waals surface area contributed by atoms with Crippen molar-refractivity contribution >= 4 is 40.5 Å². The molecule has 0 saturated heterocycles. The normalized spacial score (nSPS) is 14.1. The van der Waals surface area contributed by atoms with Crippen molar-refractivity contribution in [2.24, 2.45) is 0 Å². The highest BCUT2D eigenvalue weighted by Crippen LogP contribution is 2.28. The standard InChI is InChI=1S/C21H18Cl2N4O3/c1-2-26-11-15(18(28)21(26)30)20(29)25-8-12-3-5-14-9-24-19(27(14)10-12)13-4-6-16(22)17(23)7-13/h3-7,9-10,28H,2,8,11H2,1H3,(H,25,29). The van der Waals surface area contributed by atoms with Crippen LogP contribution in [-0.2, 0) is 16.1 Å². The van der Waals surface area contributed by atoms with Crippen molar-refractivity contribution in [1.82, 2.24) is 19.6 Å². The Hall–Kier alpha value is -3.03. The average molecular weight is 445 g/mol. The fourth-order valence-electron chi connectivity index (χ4n) is 3.33. The first-order valence-electron chi connectivity index (χ1n) is 9.30. The molecule has 0 saturated carbocycles. The molecule has 4 rings (SSSR count). The minimum Gasteiger partial charge on any atom is -0.503 e. The summed E-state index contributed by atoms with van der Waals surface area (Å²) in [4.78, 5) is 30.2. The lowest BCUT2D eigenvalue weighted by atomic mass is 10.2. The number of hydrogen-bond donors (Lipinski definition) is 2. The van der Waals surface area contributed by atoms with Crippen molar-refractivity contribution < 1.29 is 14.7 Å². The molecule has 1 aromatic carbocycles. The minimum absolute atomic E-state index is 0.0852. The lowest BCUT2D eigenvalue weighted by Gasteiger charge is -2.12. The van der Waals surface area contributed by atoms with Gasteiger partial charge in [-0.2, -0.15) is 0 Å². The molecule has 0 spiro atoms. The van der Waals surface area contributed by atoms with Gasteiger partial charge >= 0.3 is 0 Å².